The van der Waals surface area contributed by atoms with Crippen LogP contribution in [0.2, 0.25) is 0 Å². The van der Waals surface area contributed by atoms with E-state index < -0.39 is 0 Å². The molecule has 3 aliphatic carbocycles. The lowest BCUT2D eigenvalue weighted by atomic mass is 9.64. The number of para-hydroxylation sites is 1. The lowest BCUT2D eigenvalue weighted by molar-refractivity contribution is -0.0184. The largest absolute Gasteiger partial charge is 0.384 e. The summed E-state index contributed by atoms with van der Waals surface area (Å²) in [6, 6.07) is 9.20. The number of hydrogen-bond acceptors (Lipinski definition) is 4. The summed E-state index contributed by atoms with van der Waals surface area (Å²) in [6.07, 6.45) is 19.4. The topological polar surface area (TPSA) is 46.2 Å². The third-order valence-corrected chi connectivity index (χ3v) is 9.05. The molecule has 200 valence electrons. The Morgan fingerprint density at radius 2 is 1.84 bits per heavy atom. The minimum atomic E-state index is -0.0828. The number of methoxy groups -OCH3 is 1. The second kappa shape index (κ2) is 12.1. The summed E-state index contributed by atoms with van der Waals surface area (Å²) < 4.78 is 6.16. The highest BCUT2D eigenvalue weighted by atomic mass is 16.5. The van der Waals surface area contributed by atoms with E-state index in [0.717, 1.165) is 37.9 Å². The van der Waals surface area contributed by atoms with Crippen LogP contribution in [-0.4, -0.2) is 36.8 Å². The van der Waals surface area contributed by atoms with Crippen molar-refractivity contribution in [2.75, 3.05) is 25.5 Å². The first kappa shape index (κ1) is 26.4. The van der Waals surface area contributed by atoms with E-state index in [-0.39, 0.29) is 5.60 Å². The van der Waals surface area contributed by atoms with Crippen molar-refractivity contribution in [3.8, 4) is 0 Å². The summed E-state index contributed by atoms with van der Waals surface area (Å²) >= 11 is 0. The molecule has 1 aromatic heterocycles. The standard InChI is InChI=1S/C33H47N3O/c1-4-29-25-20-24(2)22-33(29,37-3)23-26(21-25)34-18-12-6-5-7-13-19-35-32-27-14-8-10-16-30(27)36-31-17-11-9-15-28(31)32/h4,8,10,14,16,20,25-26,34H,5-7,9,11-13,15,17-19,21-23H2,1-3H3,(H,35,36)/b29-4+. The number of unbranched alkanes of at least 4 members (excludes halogenated alkanes) is 4. The molecule has 2 bridgehead atoms. The Labute approximate surface area is 224 Å². The van der Waals surface area contributed by atoms with Crippen molar-refractivity contribution in [2.24, 2.45) is 5.92 Å². The average Bonchev–Trinajstić information content (AvgIpc) is 2.90. The molecule has 2 N–H and O–H groups in total. The maximum absolute atomic E-state index is 6.16. The van der Waals surface area contributed by atoms with Crippen molar-refractivity contribution in [1.82, 2.24) is 10.3 Å². The van der Waals surface area contributed by atoms with Crippen LogP contribution in [0.3, 0.4) is 0 Å². The molecule has 1 saturated carbocycles. The van der Waals surface area contributed by atoms with Gasteiger partial charge in [0.2, 0.25) is 0 Å². The number of nitrogens with one attached hydrogen (secondary N) is 2. The number of fused-ring (bicyclic) bond motifs is 4. The number of aromatic nitrogens is 1. The normalized spacial score (nSPS) is 26.2. The molecule has 2 aromatic rings. The van der Waals surface area contributed by atoms with Crippen molar-refractivity contribution in [3.05, 3.63) is 58.8 Å². The van der Waals surface area contributed by atoms with Gasteiger partial charge in [0.1, 0.15) is 0 Å². The predicted octanol–water partition coefficient (Wildman–Crippen LogP) is 7.53. The SMILES string of the molecule is C/C=C1\C2C=C(C)CC1(OC)CC(NCCCCCCCNc1c3c(nc4ccccc14)CCCC3)C2. The molecule has 37 heavy (non-hydrogen) atoms. The van der Waals surface area contributed by atoms with Gasteiger partial charge in [0.15, 0.2) is 0 Å². The Bertz CT molecular complexity index is 1140. The highest BCUT2D eigenvalue weighted by molar-refractivity contribution is 5.93. The van der Waals surface area contributed by atoms with Crippen LogP contribution in [0.4, 0.5) is 5.69 Å². The van der Waals surface area contributed by atoms with Crippen molar-refractivity contribution < 1.29 is 4.74 Å². The number of rotatable bonds is 11. The first-order valence-corrected chi connectivity index (χ1v) is 14.9. The maximum atomic E-state index is 6.16. The number of nitrogens with zero attached hydrogens (tertiary/aromatic N) is 1. The van der Waals surface area contributed by atoms with Crippen molar-refractivity contribution in [1.29, 1.82) is 0 Å². The summed E-state index contributed by atoms with van der Waals surface area (Å²) in [4.78, 5) is 4.97. The van der Waals surface area contributed by atoms with Gasteiger partial charge in [0.05, 0.1) is 11.1 Å². The van der Waals surface area contributed by atoms with Crippen LogP contribution in [-0.2, 0) is 17.6 Å². The van der Waals surface area contributed by atoms with Crippen LogP contribution >= 0.6 is 0 Å². The number of anilines is 1. The highest BCUT2D eigenvalue weighted by Crippen LogP contribution is 2.48. The number of pyridine rings is 1. The molecule has 0 amide bonds. The molecule has 0 spiro atoms. The number of aryl methyl sites for hydroxylation is 1. The minimum absolute atomic E-state index is 0.0828. The van der Waals surface area contributed by atoms with E-state index >= 15 is 0 Å². The molecule has 1 heterocycles. The molecular weight excluding hydrogens is 454 g/mol. The zero-order valence-corrected chi connectivity index (χ0v) is 23.4. The molecule has 5 rings (SSSR count). The summed E-state index contributed by atoms with van der Waals surface area (Å²) in [5.41, 5.74) is 8.22. The highest BCUT2D eigenvalue weighted by Gasteiger charge is 2.46. The summed E-state index contributed by atoms with van der Waals surface area (Å²) in [6.45, 7) is 6.63. The van der Waals surface area contributed by atoms with E-state index in [9.17, 15) is 0 Å². The predicted molar refractivity (Wildman–Crippen MR) is 156 cm³/mol. The number of hydrogen-bond donors (Lipinski definition) is 2. The Balaban J connectivity index is 1.02. The van der Waals surface area contributed by atoms with E-state index in [1.54, 1.807) is 0 Å². The second-order valence-electron chi connectivity index (χ2n) is 11.7. The Morgan fingerprint density at radius 3 is 2.68 bits per heavy atom. The molecule has 3 atom stereocenters. The molecule has 4 nitrogen and oxygen atoms in total. The molecule has 0 radical (unpaired) electrons. The fraction of sp³-hybridized carbons (Fsp3) is 0.606. The molecule has 3 unspecified atom stereocenters. The molecule has 1 aromatic carbocycles. The maximum Gasteiger partial charge on any atom is 0.0944 e. The van der Waals surface area contributed by atoms with E-state index in [0.29, 0.717) is 12.0 Å². The van der Waals surface area contributed by atoms with Crippen LogP contribution in [0.15, 0.2) is 47.6 Å². The van der Waals surface area contributed by atoms with Gasteiger partial charge < -0.3 is 15.4 Å². The zero-order valence-electron chi connectivity index (χ0n) is 23.4. The van der Waals surface area contributed by atoms with Gasteiger partial charge in [-0.3, -0.25) is 4.98 Å². The smallest absolute Gasteiger partial charge is 0.0944 e. The third kappa shape index (κ3) is 5.81. The average molecular weight is 502 g/mol. The molecular formula is C33H47N3O. The number of benzene rings is 1. The summed E-state index contributed by atoms with van der Waals surface area (Å²) in [7, 11) is 1.91. The van der Waals surface area contributed by atoms with Gasteiger partial charge in [-0.1, -0.05) is 55.2 Å². The minimum Gasteiger partial charge on any atom is -0.384 e. The van der Waals surface area contributed by atoms with Gasteiger partial charge in [0.25, 0.3) is 0 Å². The molecule has 0 aliphatic heterocycles. The fourth-order valence-corrected chi connectivity index (χ4v) is 7.34. The Kier molecular flexibility index (Phi) is 8.67. The third-order valence-electron chi connectivity index (χ3n) is 9.05. The van der Waals surface area contributed by atoms with E-state index in [1.165, 1.54) is 91.3 Å². The van der Waals surface area contributed by atoms with Gasteiger partial charge in [-0.2, -0.15) is 0 Å². The van der Waals surface area contributed by atoms with Gasteiger partial charge in [-0.15, -0.1) is 0 Å². The second-order valence-corrected chi connectivity index (χ2v) is 11.7. The number of allylic oxidation sites excluding steroid dienone is 2. The van der Waals surface area contributed by atoms with Crippen LogP contribution in [0, 0.1) is 5.92 Å². The van der Waals surface area contributed by atoms with Gasteiger partial charge in [-0.25, -0.2) is 0 Å². The van der Waals surface area contributed by atoms with Gasteiger partial charge in [-0.05, 0) is 89.0 Å². The summed E-state index contributed by atoms with van der Waals surface area (Å²) in [5.74, 6) is 0.542. The molecule has 4 heteroatoms. The molecule has 1 fully saturated rings. The van der Waals surface area contributed by atoms with Gasteiger partial charge >= 0.3 is 0 Å². The molecule has 3 aliphatic rings. The lowest BCUT2D eigenvalue weighted by Crippen LogP contribution is -2.51. The Morgan fingerprint density at radius 1 is 1.05 bits per heavy atom. The van der Waals surface area contributed by atoms with Crippen LogP contribution in [0.1, 0.15) is 89.3 Å². The van der Waals surface area contributed by atoms with Crippen LogP contribution in [0.25, 0.3) is 10.9 Å². The monoisotopic (exact) mass is 501 g/mol. The lowest BCUT2D eigenvalue weighted by Gasteiger charge is -2.49. The van der Waals surface area contributed by atoms with Crippen molar-refractivity contribution in [3.63, 3.8) is 0 Å². The fourth-order valence-electron chi connectivity index (χ4n) is 7.34. The van der Waals surface area contributed by atoms with E-state index in [4.69, 9.17) is 9.72 Å². The molecule has 0 saturated heterocycles. The van der Waals surface area contributed by atoms with Crippen LogP contribution in [0.5, 0.6) is 0 Å². The zero-order chi connectivity index (χ0) is 25.7. The quantitative estimate of drug-likeness (QED) is 0.247. The van der Waals surface area contributed by atoms with Crippen molar-refractivity contribution >= 4 is 16.6 Å². The Hall–Kier alpha value is -2.17. The van der Waals surface area contributed by atoms with Crippen molar-refractivity contribution in [2.45, 2.75) is 103 Å². The number of ether oxygens (including phenoxy) is 1. The van der Waals surface area contributed by atoms with Crippen LogP contribution < -0.4 is 10.6 Å². The van der Waals surface area contributed by atoms with Gasteiger partial charge in [0, 0.05) is 48.8 Å². The summed E-state index contributed by atoms with van der Waals surface area (Å²) in [5, 5.41) is 9.01. The van der Waals surface area contributed by atoms with E-state index in [2.05, 4.69) is 60.9 Å². The first-order chi connectivity index (χ1) is 18.1. The van der Waals surface area contributed by atoms with E-state index in [1.807, 2.05) is 7.11 Å². The first-order valence-electron chi connectivity index (χ1n) is 14.9.